The van der Waals surface area contributed by atoms with Crippen molar-refractivity contribution in [3.63, 3.8) is 0 Å². The normalized spacial score (nSPS) is 22.9. The van der Waals surface area contributed by atoms with Gasteiger partial charge in [0.1, 0.15) is 5.82 Å². The fraction of sp³-hybridized carbons (Fsp3) is 0.407. The molecule has 1 saturated heterocycles. The van der Waals surface area contributed by atoms with E-state index in [1.807, 2.05) is 31.2 Å². The van der Waals surface area contributed by atoms with E-state index in [-0.39, 0.29) is 35.3 Å². The highest BCUT2D eigenvalue weighted by Gasteiger charge is 2.53. The summed E-state index contributed by atoms with van der Waals surface area (Å²) in [5.74, 6) is 5.84. The van der Waals surface area contributed by atoms with Gasteiger partial charge in [0, 0.05) is 37.2 Å². The third kappa shape index (κ3) is 5.29. The SMILES string of the molecule is COC(=O)N1CC[C@@H]2[C@H]1CCC[C@]2(C#Cc1cccc(C)c1)OC(=O)c1ccnc(NC(C)=O)c1. The van der Waals surface area contributed by atoms with Crippen LogP contribution in [0.15, 0.2) is 42.6 Å². The number of benzene rings is 1. The Hall–Kier alpha value is -3.86. The summed E-state index contributed by atoms with van der Waals surface area (Å²) in [5, 5.41) is 2.58. The van der Waals surface area contributed by atoms with E-state index >= 15 is 0 Å². The molecule has 2 heterocycles. The Morgan fingerprint density at radius 1 is 1.20 bits per heavy atom. The van der Waals surface area contributed by atoms with Crippen molar-refractivity contribution in [3.05, 3.63) is 59.3 Å². The van der Waals surface area contributed by atoms with Crippen LogP contribution in [-0.4, -0.2) is 53.2 Å². The van der Waals surface area contributed by atoms with Gasteiger partial charge in [0.15, 0.2) is 5.60 Å². The number of aryl methyl sites for hydroxylation is 1. The number of amides is 2. The monoisotopic (exact) mass is 475 g/mol. The number of methoxy groups -OCH3 is 1. The second kappa shape index (κ2) is 10.2. The molecule has 2 amide bonds. The number of ether oxygens (including phenoxy) is 2. The molecule has 1 aromatic heterocycles. The van der Waals surface area contributed by atoms with E-state index in [0.717, 1.165) is 24.0 Å². The summed E-state index contributed by atoms with van der Waals surface area (Å²) >= 11 is 0. The third-order valence-corrected chi connectivity index (χ3v) is 6.61. The second-order valence-corrected chi connectivity index (χ2v) is 9.03. The highest BCUT2D eigenvalue weighted by atomic mass is 16.6. The largest absolute Gasteiger partial charge is 0.453 e. The van der Waals surface area contributed by atoms with E-state index < -0.39 is 11.6 Å². The van der Waals surface area contributed by atoms with Crippen molar-refractivity contribution in [1.29, 1.82) is 0 Å². The molecule has 4 rings (SSSR count). The first-order valence-corrected chi connectivity index (χ1v) is 11.7. The van der Waals surface area contributed by atoms with E-state index in [0.29, 0.717) is 19.4 Å². The van der Waals surface area contributed by atoms with Crippen LogP contribution in [0.4, 0.5) is 10.6 Å². The lowest BCUT2D eigenvalue weighted by atomic mass is 9.72. The van der Waals surface area contributed by atoms with Gasteiger partial charge in [-0.25, -0.2) is 14.6 Å². The zero-order valence-corrected chi connectivity index (χ0v) is 20.2. The fourth-order valence-corrected chi connectivity index (χ4v) is 5.10. The van der Waals surface area contributed by atoms with Crippen molar-refractivity contribution in [2.75, 3.05) is 19.0 Å². The highest BCUT2D eigenvalue weighted by Crippen LogP contribution is 2.45. The summed E-state index contributed by atoms with van der Waals surface area (Å²) in [4.78, 5) is 42.9. The van der Waals surface area contributed by atoms with E-state index in [1.54, 1.807) is 11.0 Å². The molecule has 1 aliphatic heterocycles. The van der Waals surface area contributed by atoms with Crippen LogP contribution in [0.3, 0.4) is 0 Å². The molecule has 0 bridgehead atoms. The van der Waals surface area contributed by atoms with Crippen LogP contribution >= 0.6 is 0 Å². The van der Waals surface area contributed by atoms with Gasteiger partial charge in [-0.05, 0) is 68.4 Å². The Balaban J connectivity index is 1.69. The molecule has 8 nitrogen and oxygen atoms in total. The molecule has 182 valence electrons. The molecular weight excluding hydrogens is 446 g/mol. The first-order chi connectivity index (χ1) is 16.8. The van der Waals surface area contributed by atoms with Gasteiger partial charge in [-0.1, -0.05) is 18.1 Å². The Morgan fingerprint density at radius 3 is 2.77 bits per heavy atom. The maximum Gasteiger partial charge on any atom is 0.409 e. The highest BCUT2D eigenvalue weighted by molar-refractivity contribution is 5.93. The van der Waals surface area contributed by atoms with Crippen LogP contribution in [0.5, 0.6) is 0 Å². The molecule has 0 unspecified atom stereocenters. The number of nitrogens with zero attached hydrogens (tertiary/aromatic N) is 2. The average molecular weight is 476 g/mol. The minimum atomic E-state index is -1.07. The van der Waals surface area contributed by atoms with Crippen molar-refractivity contribution in [2.45, 2.75) is 51.2 Å². The van der Waals surface area contributed by atoms with Crippen LogP contribution in [0.25, 0.3) is 0 Å². The fourth-order valence-electron chi connectivity index (χ4n) is 5.10. The zero-order valence-electron chi connectivity index (χ0n) is 20.2. The molecule has 8 heteroatoms. The van der Waals surface area contributed by atoms with Crippen LogP contribution in [-0.2, 0) is 14.3 Å². The third-order valence-electron chi connectivity index (χ3n) is 6.61. The molecule has 1 N–H and O–H groups in total. The number of nitrogens with one attached hydrogen (secondary N) is 1. The second-order valence-electron chi connectivity index (χ2n) is 9.03. The summed E-state index contributed by atoms with van der Waals surface area (Å²) < 4.78 is 11.2. The summed E-state index contributed by atoms with van der Waals surface area (Å²) in [6.07, 6.45) is 3.84. The van der Waals surface area contributed by atoms with Crippen LogP contribution in [0.1, 0.15) is 54.1 Å². The number of hydrogen-bond donors (Lipinski definition) is 1. The predicted molar refractivity (Wildman–Crippen MR) is 130 cm³/mol. The average Bonchev–Trinajstić information content (AvgIpc) is 3.28. The van der Waals surface area contributed by atoms with Crippen molar-refractivity contribution in [3.8, 4) is 11.8 Å². The van der Waals surface area contributed by atoms with Gasteiger partial charge in [0.2, 0.25) is 5.91 Å². The number of carbonyl (C=O) groups excluding carboxylic acids is 3. The predicted octanol–water partition coefficient (Wildman–Crippen LogP) is 3.94. The number of esters is 1. The van der Waals surface area contributed by atoms with Gasteiger partial charge in [-0.2, -0.15) is 0 Å². The molecule has 1 aromatic carbocycles. The Labute approximate surface area is 205 Å². The van der Waals surface area contributed by atoms with Gasteiger partial charge in [0.25, 0.3) is 0 Å². The first-order valence-electron chi connectivity index (χ1n) is 11.7. The lowest BCUT2D eigenvalue weighted by Crippen LogP contribution is -2.51. The minimum absolute atomic E-state index is 0.122. The van der Waals surface area contributed by atoms with Gasteiger partial charge >= 0.3 is 12.1 Å². The molecule has 2 aromatic rings. The number of likely N-dealkylation sites (tertiary alicyclic amines) is 1. The molecular formula is C27H29N3O5. The van der Waals surface area contributed by atoms with Crippen molar-refractivity contribution >= 4 is 23.8 Å². The first kappa shape index (κ1) is 24.3. The lowest BCUT2D eigenvalue weighted by molar-refractivity contribution is -0.114. The quantitative estimate of drug-likeness (QED) is 0.534. The standard InChI is InChI=1S/C27H29N3O5/c1-18-6-4-7-20(16-18)9-13-27(12-5-8-23-22(27)11-15-30(23)26(33)34-3)35-25(32)21-10-14-28-24(17-21)29-19(2)31/h4,6-7,10,14,16-17,22-23H,5,8,11-12,15H2,1-3H3,(H,28,29,31)/t22-,23-,27-/m1/s1. The number of pyridine rings is 1. The van der Waals surface area contributed by atoms with Gasteiger partial charge in [0.05, 0.1) is 12.7 Å². The minimum Gasteiger partial charge on any atom is -0.453 e. The molecule has 35 heavy (non-hydrogen) atoms. The zero-order chi connectivity index (χ0) is 25.0. The molecule has 0 spiro atoms. The van der Waals surface area contributed by atoms with Crippen LogP contribution in [0, 0.1) is 24.7 Å². The molecule has 2 fully saturated rings. The molecule has 1 aliphatic carbocycles. The smallest absolute Gasteiger partial charge is 0.409 e. The Morgan fingerprint density at radius 2 is 2.03 bits per heavy atom. The van der Waals surface area contributed by atoms with Gasteiger partial charge in [-0.3, -0.25) is 4.79 Å². The summed E-state index contributed by atoms with van der Waals surface area (Å²) in [5.41, 5.74) is 1.13. The maximum absolute atomic E-state index is 13.3. The maximum atomic E-state index is 13.3. The van der Waals surface area contributed by atoms with E-state index in [2.05, 4.69) is 22.1 Å². The number of carbonyl (C=O) groups is 3. The van der Waals surface area contributed by atoms with E-state index in [4.69, 9.17) is 9.47 Å². The summed E-state index contributed by atoms with van der Waals surface area (Å²) in [7, 11) is 1.37. The summed E-state index contributed by atoms with van der Waals surface area (Å²) in [6.45, 7) is 3.90. The molecule has 3 atom stereocenters. The van der Waals surface area contributed by atoms with Crippen molar-refractivity contribution in [1.82, 2.24) is 9.88 Å². The molecule has 2 aliphatic rings. The number of anilines is 1. The van der Waals surface area contributed by atoms with Crippen molar-refractivity contribution < 1.29 is 23.9 Å². The number of rotatable bonds is 3. The Bertz CT molecular complexity index is 1200. The van der Waals surface area contributed by atoms with E-state index in [9.17, 15) is 14.4 Å². The van der Waals surface area contributed by atoms with Crippen molar-refractivity contribution in [2.24, 2.45) is 5.92 Å². The number of hydrogen-bond acceptors (Lipinski definition) is 6. The number of aromatic nitrogens is 1. The molecule has 1 saturated carbocycles. The lowest BCUT2D eigenvalue weighted by Gasteiger charge is -2.42. The topological polar surface area (TPSA) is 97.8 Å². The molecule has 0 radical (unpaired) electrons. The number of fused-ring (bicyclic) bond motifs is 1. The van der Waals surface area contributed by atoms with Crippen LogP contribution in [0.2, 0.25) is 0 Å². The van der Waals surface area contributed by atoms with Crippen LogP contribution < -0.4 is 5.32 Å². The summed E-state index contributed by atoms with van der Waals surface area (Å²) in [6, 6.07) is 10.8. The van der Waals surface area contributed by atoms with Gasteiger partial charge < -0.3 is 19.7 Å². The van der Waals surface area contributed by atoms with E-state index in [1.165, 1.54) is 26.3 Å². The van der Waals surface area contributed by atoms with Gasteiger partial charge in [-0.15, -0.1) is 0 Å². The Kier molecular flexibility index (Phi) is 7.06.